The van der Waals surface area contributed by atoms with Crippen LogP contribution in [0.1, 0.15) is 21.7 Å². The van der Waals surface area contributed by atoms with Crippen LogP contribution in [0.4, 0.5) is 5.69 Å². The van der Waals surface area contributed by atoms with E-state index in [2.05, 4.69) is 9.56 Å². The van der Waals surface area contributed by atoms with Crippen LogP contribution < -0.4 is 4.74 Å². The van der Waals surface area contributed by atoms with Gasteiger partial charge in [0.1, 0.15) is 5.75 Å². The molecule has 0 spiro atoms. The fourth-order valence-electron chi connectivity index (χ4n) is 2.72. The number of methoxy groups -OCH3 is 2. The van der Waals surface area contributed by atoms with Gasteiger partial charge in [-0.2, -0.15) is 0 Å². The molecule has 1 aromatic heterocycles. The summed E-state index contributed by atoms with van der Waals surface area (Å²) in [7, 11) is 3.01. The Morgan fingerprint density at radius 1 is 1.04 bits per heavy atom. The number of aliphatic imine (C=N–C) groups is 1. The Morgan fingerprint density at radius 3 is 2.50 bits per heavy atom. The van der Waals surface area contributed by atoms with Crippen molar-refractivity contribution in [2.24, 2.45) is 4.99 Å². The molecule has 0 saturated heterocycles. The first kappa shape index (κ1) is 17.5. The molecule has 0 N–H and O–H groups in total. The molecule has 0 aliphatic rings. The largest absolute Gasteiger partial charge is 0.497 e. The Bertz CT molecular complexity index is 940. The summed E-state index contributed by atoms with van der Waals surface area (Å²) in [5.41, 5.74) is 4.23. The van der Waals surface area contributed by atoms with Crippen molar-refractivity contribution in [3.8, 4) is 11.4 Å². The van der Waals surface area contributed by atoms with Gasteiger partial charge in [-0.25, -0.2) is 4.79 Å². The van der Waals surface area contributed by atoms with E-state index in [-0.39, 0.29) is 5.97 Å². The van der Waals surface area contributed by atoms with Crippen LogP contribution in [0.25, 0.3) is 5.69 Å². The third kappa shape index (κ3) is 3.67. The molecule has 1 heterocycles. The number of rotatable bonds is 5. The monoisotopic (exact) mass is 348 g/mol. The molecule has 0 aliphatic heterocycles. The van der Waals surface area contributed by atoms with Crippen LogP contribution in [0.3, 0.4) is 0 Å². The van der Waals surface area contributed by atoms with Gasteiger partial charge < -0.3 is 14.0 Å². The SMILES string of the molecule is COC(=O)c1cccc(N=Cc2ccc(C)n2-c2ccc(OC)cc2)c1. The second kappa shape index (κ2) is 7.70. The van der Waals surface area contributed by atoms with Gasteiger partial charge in [0.2, 0.25) is 0 Å². The molecular formula is C21H20N2O3. The standard InChI is InChI=1S/C21H20N2O3/c1-15-7-8-19(23(15)18-9-11-20(25-2)12-10-18)14-22-17-6-4-5-16(13-17)21(24)26-3/h4-14H,1-3H3. The fraction of sp³-hybridized carbons (Fsp3) is 0.143. The summed E-state index contributed by atoms with van der Waals surface area (Å²) < 4.78 is 12.1. The summed E-state index contributed by atoms with van der Waals surface area (Å²) in [5, 5.41) is 0. The number of aromatic nitrogens is 1. The lowest BCUT2D eigenvalue weighted by Gasteiger charge is -2.10. The molecule has 132 valence electrons. The maximum atomic E-state index is 11.6. The van der Waals surface area contributed by atoms with Crippen LogP contribution in [0.15, 0.2) is 65.7 Å². The molecule has 2 aromatic carbocycles. The zero-order chi connectivity index (χ0) is 18.5. The molecule has 3 aromatic rings. The van der Waals surface area contributed by atoms with E-state index in [1.54, 1.807) is 31.5 Å². The Morgan fingerprint density at radius 2 is 1.81 bits per heavy atom. The number of nitrogens with zero attached hydrogens (tertiary/aromatic N) is 2. The number of carbonyl (C=O) groups is 1. The third-order valence-electron chi connectivity index (χ3n) is 4.05. The van der Waals surface area contributed by atoms with Crippen molar-refractivity contribution in [2.75, 3.05) is 14.2 Å². The smallest absolute Gasteiger partial charge is 0.337 e. The van der Waals surface area contributed by atoms with Crippen LogP contribution >= 0.6 is 0 Å². The van der Waals surface area contributed by atoms with Gasteiger partial charge in [0, 0.05) is 11.4 Å². The van der Waals surface area contributed by atoms with Gasteiger partial charge in [-0.3, -0.25) is 4.99 Å². The molecular weight excluding hydrogens is 328 g/mol. The number of esters is 1. The first-order valence-electron chi connectivity index (χ1n) is 8.17. The molecule has 0 fully saturated rings. The summed E-state index contributed by atoms with van der Waals surface area (Å²) in [6.07, 6.45) is 1.79. The van der Waals surface area contributed by atoms with E-state index in [1.165, 1.54) is 7.11 Å². The first-order chi connectivity index (χ1) is 12.6. The molecule has 5 nitrogen and oxygen atoms in total. The van der Waals surface area contributed by atoms with Gasteiger partial charge in [-0.15, -0.1) is 0 Å². The minimum atomic E-state index is -0.375. The molecule has 26 heavy (non-hydrogen) atoms. The van der Waals surface area contributed by atoms with Gasteiger partial charge >= 0.3 is 5.97 Å². The summed E-state index contributed by atoms with van der Waals surface area (Å²) in [6.45, 7) is 2.04. The van der Waals surface area contributed by atoms with Crippen LogP contribution in [-0.4, -0.2) is 31.0 Å². The molecule has 0 bridgehead atoms. The molecule has 0 radical (unpaired) electrons. The molecule has 0 aliphatic carbocycles. The highest BCUT2D eigenvalue weighted by molar-refractivity contribution is 5.90. The summed E-state index contributed by atoms with van der Waals surface area (Å²) in [5.74, 6) is 0.438. The fourth-order valence-corrected chi connectivity index (χ4v) is 2.72. The lowest BCUT2D eigenvalue weighted by molar-refractivity contribution is 0.0601. The van der Waals surface area contributed by atoms with Crippen molar-refractivity contribution >= 4 is 17.9 Å². The molecule has 5 heteroatoms. The van der Waals surface area contributed by atoms with Gasteiger partial charge in [0.05, 0.1) is 37.4 Å². The molecule has 0 amide bonds. The minimum absolute atomic E-state index is 0.375. The Labute approximate surface area is 152 Å². The highest BCUT2D eigenvalue weighted by Gasteiger charge is 2.07. The van der Waals surface area contributed by atoms with Crippen molar-refractivity contribution < 1.29 is 14.3 Å². The molecule has 0 atom stereocenters. The van der Waals surface area contributed by atoms with E-state index in [0.29, 0.717) is 11.3 Å². The maximum absolute atomic E-state index is 11.6. The van der Waals surface area contributed by atoms with E-state index in [9.17, 15) is 4.79 Å². The van der Waals surface area contributed by atoms with Gasteiger partial charge in [-0.05, 0) is 61.5 Å². The second-order valence-electron chi connectivity index (χ2n) is 5.73. The van der Waals surface area contributed by atoms with E-state index in [1.807, 2.05) is 49.4 Å². The average molecular weight is 348 g/mol. The highest BCUT2D eigenvalue weighted by Crippen LogP contribution is 2.20. The number of carbonyl (C=O) groups excluding carboxylic acids is 1. The number of benzene rings is 2. The minimum Gasteiger partial charge on any atom is -0.497 e. The molecule has 0 saturated carbocycles. The average Bonchev–Trinajstić information content (AvgIpc) is 3.06. The van der Waals surface area contributed by atoms with Crippen molar-refractivity contribution in [2.45, 2.75) is 6.92 Å². The number of ether oxygens (including phenoxy) is 2. The van der Waals surface area contributed by atoms with Crippen LogP contribution in [0.2, 0.25) is 0 Å². The van der Waals surface area contributed by atoms with Gasteiger partial charge in [-0.1, -0.05) is 6.07 Å². The normalized spacial score (nSPS) is 10.9. The molecule has 0 unspecified atom stereocenters. The third-order valence-corrected chi connectivity index (χ3v) is 4.05. The van der Waals surface area contributed by atoms with Crippen LogP contribution in [0, 0.1) is 6.92 Å². The van der Waals surface area contributed by atoms with E-state index < -0.39 is 0 Å². The topological polar surface area (TPSA) is 52.8 Å². The van der Waals surface area contributed by atoms with Crippen LogP contribution in [-0.2, 0) is 4.74 Å². The van der Waals surface area contributed by atoms with Gasteiger partial charge in [0.15, 0.2) is 0 Å². The number of hydrogen-bond acceptors (Lipinski definition) is 4. The van der Waals surface area contributed by atoms with E-state index in [4.69, 9.17) is 9.47 Å². The lowest BCUT2D eigenvalue weighted by Crippen LogP contribution is -2.01. The van der Waals surface area contributed by atoms with Crippen molar-refractivity contribution in [1.29, 1.82) is 0 Å². The van der Waals surface area contributed by atoms with Gasteiger partial charge in [0.25, 0.3) is 0 Å². The Kier molecular flexibility index (Phi) is 5.17. The summed E-state index contributed by atoms with van der Waals surface area (Å²) >= 11 is 0. The predicted molar refractivity (Wildman–Crippen MR) is 102 cm³/mol. The predicted octanol–water partition coefficient (Wildman–Crippen LogP) is 4.33. The van der Waals surface area contributed by atoms with E-state index in [0.717, 1.165) is 22.8 Å². The second-order valence-corrected chi connectivity index (χ2v) is 5.73. The van der Waals surface area contributed by atoms with E-state index >= 15 is 0 Å². The van der Waals surface area contributed by atoms with Crippen molar-refractivity contribution in [3.05, 3.63) is 77.6 Å². The highest BCUT2D eigenvalue weighted by atomic mass is 16.5. The number of hydrogen-bond donors (Lipinski definition) is 0. The molecule has 3 rings (SSSR count). The zero-order valence-corrected chi connectivity index (χ0v) is 15.0. The van der Waals surface area contributed by atoms with Crippen LogP contribution in [0.5, 0.6) is 5.75 Å². The van der Waals surface area contributed by atoms with Crippen molar-refractivity contribution in [3.63, 3.8) is 0 Å². The number of aryl methyl sites for hydroxylation is 1. The van der Waals surface area contributed by atoms with Crippen molar-refractivity contribution in [1.82, 2.24) is 4.57 Å². The summed E-state index contributed by atoms with van der Waals surface area (Å²) in [4.78, 5) is 16.2. The lowest BCUT2D eigenvalue weighted by atomic mass is 10.2. The maximum Gasteiger partial charge on any atom is 0.337 e. The Hall–Kier alpha value is -3.34. The Balaban J connectivity index is 1.91. The first-order valence-corrected chi connectivity index (χ1v) is 8.17. The quantitative estimate of drug-likeness (QED) is 0.509. The zero-order valence-electron chi connectivity index (χ0n) is 15.0. The summed E-state index contributed by atoms with van der Waals surface area (Å²) in [6, 6.07) is 18.9.